The normalized spacial score (nSPS) is 12.1. The minimum Gasteiger partial charge on any atom is -0.341 e. The Hall–Kier alpha value is -1.94. The van der Waals surface area contributed by atoms with E-state index < -0.39 is 17.4 Å². The summed E-state index contributed by atoms with van der Waals surface area (Å²) in [5, 5.41) is 3.04. The lowest BCUT2D eigenvalue weighted by Gasteiger charge is -2.32. The monoisotopic (exact) mass is 351 g/mol. The van der Waals surface area contributed by atoms with E-state index in [9.17, 15) is 13.6 Å². The standard InChI is InChI=1S/C19H20ClF2NO/c1-12-9-14(13-5-7-16(20)8-6-13)11-15(10-12)17(24)23-18(2,3)19(4,21)22/h5-11H,1-4H3,(H,23,24). The minimum atomic E-state index is -3.04. The summed E-state index contributed by atoms with van der Waals surface area (Å²) in [7, 11) is 0. The van der Waals surface area contributed by atoms with Crippen LogP contribution in [0.3, 0.4) is 0 Å². The maximum absolute atomic E-state index is 13.6. The lowest BCUT2D eigenvalue weighted by Crippen LogP contribution is -2.54. The zero-order valence-electron chi connectivity index (χ0n) is 14.1. The van der Waals surface area contributed by atoms with E-state index in [-0.39, 0.29) is 0 Å². The highest BCUT2D eigenvalue weighted by Gasteiger charge is 2.43. The average molecular weight is 352 g/mol. The van der Waals surface area contributed by atoms with Gasteiger partial charge in [-0.2, -0.15) is 0 Å². The zero-order chi connectivity index (χ0) is 18.1. The number of carbonyl (C=O) groups excluding carboxylic acids is 1. The first-order valence-electron chi connectivity index (χ1n) is 7.57. The van der Waals surface area contributed by atoms with Crippen LogP contribution in [-0.4, -0.2) is 17.4 Å². The molecule has 0 aromatic heterocycles. The molecule has 128 valence electrons. The van der Waals surface area contributed by atoms with E-state index in [1.165, 1.54) is 13.8 Å². The Labute approximate surface area is 145 Å². The third-order valence-corrected chi connectivity index (χ3v) is 4.29. The van der Waals surface area contributed by atoms with Crippen molar-refractivity contribution < 1.29 is 13.6 Å². The molecule has 0 radical (unpaired) electrons. The van der Waals surface area contributed by atoms with Crippen molar-refractivity contribution in [1.82, 2.24) is 5.32 Å². The topological polar surface area (TPSA) is 29.1 Å². The highest BCUT2D eigenvalue weighted by atomic mass is 35.5. The molecule has 0 bridgehead atoms. The predicted octanol–water partition coefficient (Wildman–Crippen LogP) is 5.48. The zero-order valence-corrected chi connectivity index (χ0v) is 14.8. The van der Waals surface area contributed by atoms with Crippen LogP contribution in [0.4, 0.5) is 8.78 Å². The fourth-order valence-corrected chi connectivity index (χ4v) is 2.31. The van der Waals surface area contributed by atoms with Gasteiger partial charge in [0.05, 0.1) is 5.54 Å². The predicted molar refractivity (Wildman–Crippen MR) is 93.8 cm³/mol. The Morgan fingerprint density at radius 2 is 1.58 bits per heavy atom. The molecule has 0 aliphatic heterocycles. The summed E-state index contributed by atoms with van der Waals surface area (Å²) in [6.45, 7) is 5.26. The van der Waals surface area contributed by atoms with Gasteiger partial charge in [0.15, 0.2) is 0 Å². The molecule has 0 saturated carbocycles. The highest BCUT2D eigenvalue weighted by molar-refractivity contribution is 6.30. The van der Waals surface area contributed by atoms with E-state index in [1.54, 1.807) is 24.3 Å². The van der Waals surface area contributed by atoms with Gasteiger partial charge < -0.3 is 5.32 Å². The van der Waals surface area contributed by atoms with E-state index in [0.29, 0.717) is 10.6 Å². The van der Waals surface area contributed by atoms with Crippen LogP contribution in [-0.2, 0) is 0 Å². The maximum Gasteiger partial charge on any atom is 0.267 e. The van der Waals surface area contributed by atoms with Gasteiger partial charge in [-0.1, -0.05) is 29.8 Å². The summed E-state index contributed by atoms with van der Waals surface area (Å²) in [6, 6.07) is 12.5. The first-order valence-corrected chi connectivity index (χ1v) is 7.95. The Bertz CT molecular complexity index is 749. The molecule has 0 aliphatic carbocycles. The Morgan fingerprint density at radius 1 is 1.00 bits per heavy atom. The van der Waals surface area contributed by atoms with Crippen LogP contribution in [0.2, 0.25) is 5.02 Å². The van der Waals surface area contributed by atoms with Gasteiger partial charge in [-0.15, -0.1) is 0 Å². The van der Waals surface area contributed by atoms with Crippen molar-refractivity contribution in [2.75, 3.05) is 0 Å². The number of amides is 1. The van der Waals surface area contributed by atoms with Gasteiger partial charge in [-0.05, 0) is 61.7 Å². The van der Waals surface area contributed by atoms with E-state index in [0.717, 1.165) is 23.6 Å². The van der Waals surface area contributed by atoms with E-state index in [2.05, 4.69) is 5.32 Å². The van der Waals surface area contributed by atoms with Crippen molar-refractivity contribution in [1.29, 1.82) is 0 Å². The second-order valence-corrected chi connectivity index (χ2v) is 7.00. The number of alkyl halides is 2. The van der Waals surface area contributed by atoms with Crippen LogP contribution in [0.1, 0.15) is 36.7 Å². The molecule has 2 nitrogen and oxygen atoms in total. The van der Waals surface area contributed by atoms with E-state index >= 15 is 0 Å². The number of nitrogens with one attached hydrogen (secondary N) is 1. The molecule has 2 aromatic rings. The van der Waals surface area contributed by atoms with Crippen LogP contribution in [0.15, 0.2) is 42.5 Å². The highest BCUT2D eigenvalue weighted by Crippen LogP contribution is 2.28. The molecule has 5 heteroatoms. The van der Waals surface area contributed by atoms with Crippen LogP contribution >= 0.6 is 11.6 Å². The van der Waals surface area contributed by atoms with Crippen molar-refractivity contribution in [2.24, 2.45) is 0 Å². The number of halogens is 3. The van der Waals surface area contributed by atoms with Crippen LogP contribution < -0.4 is 5.32 Å². The van der Waals surface area contributed by atoms with Gasteiger partial charge in [0, 0.05) is 17.5 Å². The largest absolute Gasteiger partial charge is 0.341 e. The Kier molecular flexibility index (Phi) is 5.00. The quantitative estimate of drug-likeness (QED) is 0.776. The average Bonchev–Trinajstić information content (AvgIpc) is 2.45. The van der Waals surface area contributed by atoms with Crippen molar-refractivity contribution in [3.63, 3.8) is 0 Å². The summed E-state index contributed by atoms with van der Waals surface area (Å²) >= 11 is 5.89. The second-order valence-electron chi connectivity index (χ2n) is 6.56. The SMILES string of the molecule is Cc1cc(C(=O)NC(C)(C)C(C)(F)F)cc(-c2ccc(Cl)cc2)c1. The third-order valence-electron chi connectivity index (χ3n) is 4.04. The number of carbonyl (C=O) groups is 1. The van der Waals surface area contributed by atoms with Gasteiger partial charge in [0.2, 0.25) is 0 Å². The molecule has 0 aliphatic rings. The van der Waals surface area contributed by atoms with Gasteiger partial charge in [-0.3, -0.25) is 4.79 Å². The molecule has 1 amide bonds. The fourth-order valence-electron chi connectivity index (χ4n) is 2.19. The maximum atomic E-state index is 13.6. The second kappa shape index (κ2) is 6.52. The van der Waals surface area contributed by atoms with Crippen molar-refractivity contribution in [3.8, 4) is 11.1 Å². The number of benzene rings is 2. The third kappa shape index (κ3) is 4.12. The molecule has 2 rings (SSSR count). The molecular weight excluding hydrogens is 332 g/mol. The summed E-state index contributed by atoms with van der Waals surface area (Å²) in [5.41, 5.74) is 1.30. The molecule has 0 heterocycles. The summed E-state index contributed by atoms with van der Waals surface area (Å²) in [6.07, 6.45) is 0. The summed E-state index contributed by atoms with van der Waals surface area (Å²) < 4.78 is 27.2. The van der Waals surface area contributed by atoms with Crippen molar-refractivity contribution >= 4 is 17.5 Å². The molecule has 0 saturated heterocycles. The molecule has 0 spiro atoms. The lowest BCUT2D eigenvalue weighted by atomic mass is 9.95. The minimum absolute atomic E-state index is 0.345. The number of hydrogen-bond donors (Lipinski definition) is 1. The number of hydrogen-bond acceptors (Lipinski definition) is 1. The van der Waals surface area contributed by atoms with E-state index in [1.807, 2.05) is 25.1 Å². The Balaban J connectivity index is 2.35. The molecule has 2 aromatic carbocycles. The van der Waals surface area contributed by atoms with Gasteiger partial charge >= 0.3 is 0 Å². The fraction of sp³-hybridized carbons (Fsp3) is 0.316. The lowest BCUT2D eigenvalue weighted by molar-refractivity contribution is -0.0547. The number of aryl methyl sites for hydroxylation is 1. The van der Waals surface area contributed by atoms with Gasteiger partial charge in [0.1, 0.15) is 0 Å². The Morgan fingerprint density at radius 3 is 2.12 bits per heavy atom. The summed E-state index contributed by atoms with van der Waals surface area (Å²) in [4.78, 5) is 12.4. The number of rotatable bonds is 4. The van der Waals surface area contributed by atoms with Crippen molar-refractivity contribution in [3.05, 3.63) is 58.6 Å². The van der Waals surface area contributed by atoms with Crippen molar-refractivity contribution in [2.45, 2.75) is 39.2 Å². The molecule has 24 heavy (non-hydrogen) atoms. The molecule has 0 atom stereocenters. The first kappa shape index (κ1) is 18.4. The first-order chi connectivity index (χ1) is 11.0. The molecule has 0 unspecified atom stereocenters. The molecule has 1 N–H and O–H groups in total. The van der Waals surface area contributed by atoms with Crippen LogP contribution in [0.5, 0.6) is 0 Å². The van der Waals surface area contributed by atoms with Gasteiger partial charge in [0.25, 0.3) is 11.8 Å². The van der Waals surface area contributed by atoms with Crippen LogP contribution in [0, 0.1) is 6.92 Å². The summed E-state index contributed by atoms with van der Waals surface area (Å²) in [5.74, 6) is -3.56. The smallest absolute Gasteiger partial charge is 0.267 e. The van der Waals surface area contributed by atoms with Crippen LogP contribution in [0.25, 0.3) is 11.1 Å². The van der Waals surface area contributed by atoms with Gasteiger partial charge in [-0.25, -0.2) is 8.78 Å². The molecular formula is C19H20ClF2NO. The van der Waals surface area contributed by atoms with E-state index in [4.69, 9.17) is 11.6 Å². The molecule has 0 fully saturated rings.